The molecule has 0 aliphatic rings. The van der Waals surface area contributed by atoms with Crippen LogP contribution in [0.3, 0.4) is 0 Å². The predicted molar refractivity (Wildman–Crippen MR) is 93.3 cm³/mol. The van der Waals surface area contributed by atoms with Crippen LogP contribution in [0.25, 0.3) is 0 Å². The first kappa shape index (κ1) is 17.4. The number of methoxy groups -OCH3 is 1. The number of hydrogen-bond donors (Lipinski definition) is 1. The van der Waals surface area contributed by atoms with Crippen molar-refractivity contribution in [2.45, 2.75) is 19.9 Å². The van der Waals surface area contributed by atoms with E-state index in [0.717, 1.165) is 35.0 Å². The number of para-hydroxylation sites is 1. The summed E-state index contributed by atoms with van der Waals surface area (Å²) in [6, 6.07) is 7.85. The zero-order valence-electron chi connectivity index (χ0n) is 14.0. The van der Waals surface area contributed by atoms with Gasteiger partial charge in [0, 0.05) is 13.1 Å². The quantitative estimate of drug-likeness (QED) is 0.846. The maximum absolute atomic E-state index is 12.3. The molecule has 1 heterocycles. The molecular weight excluding hydrogens is 310 g/mol. The van der Waals surface area contributed by atoms with Crippen molar-refractivity contribution < 1.29 is 9.53 Å². The number of aromatic nitrogens is 1. The number of nitrogens with one attached hydrogen (secondary N) is 1. The first-order valence-electron chi connectivity index (χ1n) is 7.52. The van der Waals surface area contributed by atoms with Crippen LogP contribution in [0.15, 0.2) is 24.3 Å². The minimum absolute atomic E-state index is 0.0556. The van der Waals surface area contributed by atoms with Gasteiger partial charge in [-0.25, -0.2) is 4.98 Å². The van der Waals surface area contributed by atoms with Gasteiger partial charge < -0.3 is 15.0 Å². The van der Waals surface area contributed by atoms with E-state index in [2.05, 4.69) is 10.3 Å². The van der Waals surface area contributed by atoms with E-state index in [-0.39, 0.29) is 5.91 Å². The third-order valence-corrected chi connectivity index (χ3v) is 4.51. The molecule has 0 radical (unpaired) electrons. The minimum Gasteiger partial charge on any atom is -0.496 e. The summed E-state index contributed by atoms with van der Waals surface area (Å²) in [6.07, 6.45) is 0.734. The van der Waals surface area contributed by atoms with Crippen LogP contribution in [0.1, 0.15) is 25.9 Å². The van der Waals surface area contributed by atoms with Gasteiger partial charge in [0.25, 0.3) is 5.91 Å². The van der Waals surface area contributed by atoms with E-state index in [1.165, 1.54) is 11.3 Å². The molecule has 23 heavy (non-hydrogen) atoms. The Kier molecular flexibility index (Phi) is 6.12. The highest BCUT2D eigenvalue weighted by Gasteiger charge is 2.15. The van der Waals surface area contributed by atoms with Crippen molar-refractivity contribution in [2.75, 3.05) is 27.7 Å². The molecule has 0 bridgehead atoms. The molecule has 0 aliphatic carbocycles. The molecule has 6 heteroatoms. The van der Waals surface area contributed by atoms with Crippen molar-refractivity contribution in [1.82, 2.24) is 15.2 Å². The lowest BCUT2D eigenvalue weighted by Crippen LogP contribution is -2.25. The number of amides is 1. The molecule has 124 valence electrons. The number of thiazole rings is 1. The van der Waals surface area contributed by atoms with Crippen LogP contribution in [0.5, 0.6) is 5.75 Å². The average molecular weight is 333 g/mol. The van der Waals surface area contributed by atoms with E-state index >= 15 is 0 Å². The zero-order chi connectivity index (χ0) is 16.8. The molecule has 1 aromatic carbocycles. The van der Waals surface area contributed by atoms with E-state index in [1.807, 2.05) is 50.2 Å². The molecule has 0 aliphatic heterocycles. The number of ether oxygens (including phenoxy) is 1. The molecule has 0 atom stereocenters. The fraction of sp³-hybridized carbons (Fsp3) is 0.412. The Morgan fingerprint density at radius 2 is 2.09 bits per heavy atom. The van der Waals surface area contributed by atoms with Gasteiger partial charge in [-0.15, -0.1) is 11.3 Å². The van der Waals surface area contributed by atoms with E-state index < -0.39 is 0 Å². The smallest absolute Gasteiger partial charge is 0.263 e. The summed E-state index contributed by atoms with van der Waals surface area (Å²) in [5.41, 5.74) is 1.88. The van der Waals surface area contributed by atoms with Crippen LogP contribution in [0.2, 0.25) is 0 Å². The number of rotatable bonds is 7. The summed E-state index contributed by atoms with van der Waals surface area (Å²) in [7, 11) is 5.64. The van der Waals surface area contributed by atoms with Crippen LogP contribution in [-0.2, 0) is 13.0 Å². The van der Waals surface area contributed by atoms with Gasteiger partial charge in [0.2, 0.25) is 0 Å². The topological polar surface area (TPSA) is 54.5 Å². The molecule has 1 amide bonds. The lowest BCUT2D eigenvalue weighted by atomic mass is 10.1. The van der Waals surface area contributed by atoms with Crippen LogP contribution in [0.4, 0.5) is 0 Å². The summed E-state index contributed by atoms with van der Waals surface area (Å²) in [6.45, 7) is 3.20. The molecule has 0 saturated carbocycles. The molecule has 0 spiro atoms. The lowest BCUT2D eigenvalue weighted by molar-refractivity contribution is 0.0957. The summed E-state index contributed by atoms with van der Waals surface area (Å²) < 4.78 is 5.32. The maximum atomic E-state index is 12.3. The second-order valence-corrected chi connectivity index (χ2v) is 6.66. The lowest BCUT2D eigenvalue weighted by Gasteiger charge is -2.08. The molecule has 1 N–H and O–H groups in total. The maximum Gasteiger partial charge on any atom is 0.263 e. The third kappa shape index (κ3) is 4.77. The van der Waals surface area contributed by atoms with Crippen LogP contribution in [-0.4, -0.2) is 43.5 Å². The van der Waals surface area contributed by atoms with Crippen molar-refractivity contribution in [3.63, 3.8) is 0 Å². The summed E-state index contributed by atoms with van der Waals surface area (Å²) in [5, 5.41) is 3.93. The average Bonchev–Trinajstić information content (AvgIpc) is 2.87. The van der Waals surface area contributed by atoms with E-state index in [1.54, 1.807) is 7.11 Å². The fourth-order valence-corrected chi connectivity index (χ4v) is 3.40. The molecule has 0 saturated heterocycles. The molecule has 2 aromatic rings. The van der Waals surface area contributed by atoms with Gasteiger partial charge in [0.15, 0.2) is 0 Å². The molecule has 5 nitrogen and oxygen atoms in total. The van der Waals surface area contributed by atoms with Crippen molar-refractivity contribution in [1.29, 1.82) is 0 Å². The SMILES string of the molecule is COc1ccccc1CCNC(=O)c1sc(CN(C)C)nc1C. The van der Waals surface area contributed by atoms with Gasteiger partial charge in [-0.2, -0.15) is 0 Å². The van der Waals surface area contributed by atoms with Crippen molar-refractivity contribution in [3.05, 3.63) is 45.4 Å². The third-order valence-electron chi connectivity index (χ3n) is 3.37. The van der Waals surface area contributed by atoms with Crippen molar-refractivity contribution in [3.8, 4) is 5.75 Å². The summed E-state index contributed by atoms with van der Waals surface area (Å²) >= 11 is 1.46. The highest BCUT2D eigenvalue weighted by atomic mass is 32.1. The number of carbonyl (C=O) groups excluding carboxylic acids is 1. The molecule has 0 fully saturated rings. The van der Waals surface area contributed by atoms with Crippen LogP contribution in [0, 0.1) is 6.92 Å². The van der Waals surface area contributed by atoms with Gasteiger partial charge in [-0.05, 0) is 39.1 Å². The fourth-order valence-electron chi connectivity index (χ4n) is 2.30. The molecular formula is C17H23N3O2S. The first-order valence-corrected chi connectivity index (χ1v) is 8.34. The van der Waals surface area contributed by atoms with Crippen molar-refractivity contribution >= 4 is 17.2 Å². The van der Waals surface area contributed by atoms with Gasteiger partial charge >= 0.3 is 0 Å². The van der Waals surface area contributed by atoms with Crippen LogP contribution < -0.4 is 10.1 Å². The first-order chi connectivity index (χ1) is 11.0. The number of hydrogen-bond acceptors (Lipinski definition) is 5. The molecule has 0 unspecified atom stereocenters. The Balaban J connectivity index is 1.93. The Labute approximate surface area is 141 Å². The second kappa shape index (κ2) is 8.08. The Morgan fingerprint density at radius 1 is 1.35 bits per heavy atom. The predicted octanol–water partition coefficient (Wildman–Crippen LogP) is 2.49. The van der Waals surface area contributed by atoms with Crippen LogP contribution >= 0.6 is 11.3 Å². The Morgan fingerprint density at radius 3 is 2.78 bits per heavy atom. The molecule has 1 aromatic heterocycles. The normalized spacial score (nSPS) is 10.8. The largest absolute Gasteiger partial charge is 0.496 e. The van der Waals surface area contributed by atoms with E-state index in [0.29, 0.717) is 11.4 Å². The van der Waals surface area contributed by atoms with Gasteiger partial charge in [0.1, 0.15) is 15.6 Å². The zero-order valence-corrected chi connectivity index (χ0v) is 14.9. The minimum atomic E-state index is -0.0556. The summed E-state index contributed by atoms with van der Waals surface area (Å²) in [4.78, 5) is 19.5. The number of nitrogens with zero attached hydrogens (tertiary/aromatic N) is 2. The Hall–Kier alpha value is -1.92. The summed E-state index contributed by atoms with van der Waals surface area (Å²) in [5.74, 6) is 0.795. The highest BCUT2D eigenvalue weighted by molar-refractivity contribution is 7.13. The Bertz CT molecular complexity index is 668. The number of aryl methyl sites for hydroxylation is 1. The second-order valence-electron chi connectivity index (χ2n) is 5.58. The van der Waals surface area contributed by atoms with E-state index in [4.69, 9.17) is 4.74 Å². The highest BCUT2D eigenvalue weighted by Crippen LogP contribution is 2.20. The van der Waals surface area contributed by atoms with Crippen molar-refractivity contribution in [2.24, 2.45) is 0 Å². The number of benzene rings is 1. The van der Waals surface area contributed by atoms with E-state index in [9.17, 15) is 4.79 Å². The van der Waals surface area contributed by atoms with Gasteiger partial charge in [-0.3, -0.25) is 4.79 Å². The number of carbonyl (C=O) groups is 1. The van der Waals surface area contributed by atoms with Gasteiger partial charge in [-0.1, -0.05) is 18.2 Å². The standard InChI is InChI=1S/C17H23N3O2S/c1-12-16(23-15(19-12)11-20(2)3)17(21)18-10-9-13-7-5-6-8-14(13)22-4/h5-8H,9-11H2,1-4H3,(H,18,21). The molecule has 2 rings (SSSR count). The van der Waals surface area contributed by atoms with Gasteiger partial charge in [0.05, 0.1) is 12.8 Å². The monoisotopic (exact) mass is 333 g/mol.